The first-order chi connectivity index (χ1) is 10.5. The maximum absolute atomic E-state index is 4.58. The summed E-state index contributed by atoms with van der Waals surface area (Å²) in [5, 5.41) is 9.00. The van der Waals surface area contributed by atoms with Crippen LogP contribution in [0.5, 0.6) is 0 Å². The second-order valence-electron chi connectivity index (χ2n) is 5.95. The van der Waals surface area contributed by atoms with E-state index in [0.29, 0.717) is 0 Å². The molecule has 0 aliphatic carbocycles. The van der Waals surface area contributed by atoms with Gasteiger partial charge in [0, 0.05) is 31.0 Å². The lowest BCUT2D eigenvalue weighted by Gasteiger charge is -2.16. The molecule has 0 N–H and O–H groups in total. The van der Waals surface area contributed by atoms with Gasteiger partial charge in [0.05, 0.1) is 35.6 Å². The van der Waals surface area contributed by atoms with Crippen LogP contribution in [0.2, 0.25) is 0 Å². The normalized spacial score (nSPS) is 12.2. The Bertz CT molecular complexity index is 797. The van der Waals surface area contributed by atoms with Gasteiger partial charge in [-0.1, -0.05) is 0 Å². The SMILES string of the molecule is Cc1cc(C)n(C(C)Cn2cncc2-c2cn(C)nc2C)n1.Cl. The van der Waals surface area contributed by atoms with E-state index in [-0.39, 0.29) is 18.4 Å². The maximum Gasteiger partial charge on any atom is 0.0951 e. The van der Waals surface area contributed by atoms with Crippen molar-refractivity contribution < 1.29 is 0 Å². The number of hydrogen-bond donors (Lipinski definition) is 0. The summed E-state index contributed by atoms with van der Waals surface area (Å²) in [6.07, 6.45) is 5.82. The van der Waals surface area contributed by atoms with Crippen LogP contribution in [-0.4, -0.2) is 29.1 Å². The molecular formula is C16H23ClN6. The van der Waals surface area contributed by atoms with Crippen LogP contribution < -0.4 is 0 Å². The van der Waals surface area contributed by atoms with Gasteiger partial charge in [-0.25, -0.2) is 4.98 Å². The highest BCUT2D eigenvalue weighted by atomic mass is 35.5. The largest absolute Gasteiger partial charge is 0.328 e. The summed E-state index contributed by atoms with van der Waals surface area (Å²) >= 11 is 0. The van der Waals surface area contributed by atoms with Crippen LogP contribution in [0.4, 0.5) is 0 Å². The van der Waals surface area contributed by atoms with Gasteiger partial charge in [0.2, 0.25) is 0 Å². The Hall–Kier alpha value is -2.08. The zero-order valence-corrected chi connectivity index (χ0v) is 15.0. The summed E-state index contributed by atoms with van der Waals surface area (Å²) in [5.41, 5.74) is 5.48. The van der Waals surface area contributed by atoms with Crippen molar-refractivity contribution in [3.05, 3.63) is 41.9 Å². The standard InChI is InChI=1S/C16H22N6.ClH/c1-11-6-12(2)22(18-11)13(3)8-21-10-17-7-16(21)15-9-20(5)19-14(15)4;/h6-7,9-10,13H,8H2,1-5H3;1H. The zero-order chi connectivity index (χ0) is 15.9. The summed E-state index contributed by atoms with van der Waals surface area (Å²) in [6.45, 7) is 9.15. The third-order valence-corrected chi connectivity index (χ3v) is 3.92. The molecule has 0 aliphatic heterocycles. The van der Waals surface area contributed by atoms with Gasteiger partial charge in [-0.15, -0.1) is 12.4 Å². The predicted molar refractivity (Wildman–Crippen MR) is 92.8 cm³/mol. The first kappa shape index (κ1) is 17.3. The number of aryl methyl sites for hydroxylation is 4. The molecule has 0 radical (unpaired) electrons. The first-order valence-electron chi connectivity index (χ1n) is 7.49. The second-order valence-corrected chi connectivity index (χ2v) is 5.95. The van der Waals surface area contributed by atoms with Gasteiger partial charge < -0.3 is 4.57 Å². The number of hydrogen-bond acceptors (Lipinski definition) is 3. The summed E-state index contributed by atoms with van der Waals surface area (Å²) in [4.78, 5) is 4.32. The van der Waals surface area contributed by atoms with Crippen molar-refractivity contribution in [2.24, 2.45) is 7.05 Å². The second kappa shape index (κ2) is 6.58. The van der Waals surface area contributed by atoms with E-state index in [2.05, 4.69) is 44.3 Å². The minimum atomic E-state index is 0. The lowest BCUT2D eigenvalue weighted by Crippen LogP contribution is -2.15. The summed E-state index contributed by atoms with van der Waals surface area (Å²) in [6, 6.07) is 2.37. The van der Waals surface area contributed by atoms with E-state index in [0.717, 1.165) is 29.2 Å². The van der Waals surface area contributed by atoms with Crippen molar-refractivity contribution in [2.45, 2.75) is 40.3 Å². The lowest BCUT2D eigenvalue weighted by molar-refractivity contribution is 0.418. The zero-order valence-electron chi connectivity index (χ0n) is 14.2. The molecule has 3 aromatic rings. The van der Waals surface area contributed by atoms with Gasteiger partial charge in [-0.05, 0) is 33.8 Å². The van der Waals surface area contributed by atoms with Crippen molar-refractivity contribution >= 4 is 12.4 Å². The maximum atomic E-state index is 4.58. The third-order valence-electron chi connectivity index (χ3n) is 3.92. The van der Waals surface area contributed by atoms with Gasteiger partial charge >= 0.3 is 0 Å². The molecule has 3 rings (SSSR count). The molecule has 0 aromatic carbocycles. The van der Waals surface area contributed by atoms with Crippen molar-refractivity contribution in [3.63, 3.8) is 0 Å². The van der Waals surface area contributed by atoms with Crippen molar-refractivity contribution in [1.29, 1.82) is 0 Å². The van der Waals surface area contributed by atoms with Crippen LogP contribution in [0, 0.1) is 20.8 Å². The molecule has 0 amide bonds. The predicted octanol–water partition coefficient (Wildman–Crippen LogP) is 3.09. The molecule has 3 heterocycles. The average molecular weight is 335 g/mol. The number of rotatable bonds is 4. The molecule has 1 unspecified atom stereocenters. The molecule has 0 aliphatic rings. The van der Waals surface area contributed by atoms with Gasteiger partial charge in [0.15, 0.2) is 0 Å². The Morgan fingerprint density at radius 2 is 1.91 bits per heavy atom. The number of aromatic nitrogens is 6. The van der Waals surface area contributed by atoms with E-state index in [9.17, 15) is 0 Å². The van der Waals surface area contributed by atoms with E-state index in [1.54, 1.807) is 0 Å². The van der Waals surface area contributed by atoms with Crippen molar-refractivity contribution in [3.8, 4) is 11.3 Å². The summed E-state index contributed by atoms with van der Waals surface area (Å²) in [7, 11) is 1.94. The highest BCUT2D eigenvalue weighted by molar-refractivity contribution is 5.85. The van der Waals surface area contributed by atoms with E-state index < -0.39 is 0 Å². The Morgan fingerprint density at radius 1 is 1.17 bits per heavy atom. The van der Waals surface area contributed by atoms with Crippen LogP contribution in [0.1, 0.15) is 30.0 Å². The minimum Gasteiger partial charge on any atom is -0.328 e. The molecule has 1 atom stereocenters. The van der Waals surface area contributed by atoms with E-state index in [1.807, 2.05) is 44.3 Å². The van der Waals surface area contributed by atoms with E-state index in [4.69, 9.17) is 0 Å². The van der Waals surface area contributed by atoms with Crippen LogP contribution >= 0.6 is 12.4 Å². The molecule has 3 aromatic heterocycles. The molecule has 0 saturated carbocycles. The van der Waals surface area contributed by atoms with Gasteiger partial charge in [-0.3, -0.25) is 9.36 Å². The Labute approximate surface area is 142 Å². The highest BCUT2D eigenvalue weighted by Crippen LogP contribution is 2.24. The topological polar surface area (TPSA) is 53.5 Å². The fourth-order valence-electron chi connectivity index (χ4n) is 3.00. The fraction of sp³-hybridized carbons (Fsp3) is 0.438. The molecule has 23 heavy (non-hydrogen) atoms. The van der Waals surface area contributed by atoms with E-state index in [1.165, 1.54) is 5.69 Å². The van der Waals surface area contributed by atoms with Gasteiger partial charge in [0.1, 0.15) is 0 Å². The summed E-state index contributed by atoms with van der Waals surface area (Å²) < 4.78 is 6.09. The average Bonchev–Trinajstić information content (AvgIpc) is 3.09. The number of halogens is 1. The molecule has 0 saturated heterocycles. The van der Waals surface area contributed by atoms with Gasteiger partial charge in [0.25, 0.3) is 0 Å². The number of nitrogens with zero attached hydrogens (tertiary/aromatic N) is 6. The smallest absolute Gasteiger partial charge is 0.0951 e. The van der Waals surface area contributed by atoms with Crippen molar-refractivity contribution in [2.75, 3.05) is 0 Å². The molecule has 6 nitrogen and oxygen atoms in total. The first-order valence-corrected chi connectivity index (χ1v) is 7.49. The van der Waals surface area contributed by atoms with Gasteiger partial charge in [-0.2, -0.15) is 10.2 Å². The Morgan fingerprint density at radius 3 is 2.48 bits per heavy atom. The number of imidazole rings is 1. The van der Waals surface area contributed by atoms with E-state index >= 15 is 0 Å². The van der Waals surface area contributed by atoms with Crippen LogP contribution in [0.3, 0.4) is 0 Å². The monoisotopic (exact) mass is 334 g/mol. The molecule has 7 heteroatoms. The van der Waals surface area contributed by atoms with Crippen LogP contribution in [-0.2, 0) is 13.6 Å². The van der Waals surface area contributed by atoms with Crippen LogP contribution in [0.15, 0.2) is 24.8 Å². The fourth-order valence-corrected chi connectivity index (χ4v) is 3.00. The molecule has 0 spiro atoms. The summed E-state index contributed by atoms with van der Waals surface area (Å²) in [5.74, 6) is 0. The Balaban J connectivity index is 0.00000192. The molecular weight excluding hydrogens is 312 g/mol. The Kier molecular flexibility index (Phi) is 4.94. The molecule has 124 valence electrons. The third kappa shape index (κ3) is 3.32. The molecule has 0 fully saturated rings. The van der Waals surface area contributed by atoms with Crippen molar-refractivity contribution in [1.82, 2.24) is 29.1 Å². The molecule has 0 bridgehead atoms. The highest BCUT2D eigenvalue weighted by Gasteiger charge is 2.15. The lowest BCUT2D eigenvalue weighted by atomic mass is 10.2. The minimum absolute atomic E-state index is 0. The van der Waals surface area contributed by atoms with Crippen LogP contribution in [0.25, 0.3) is 11.3 Å². The quantitative estimate of drug-likeness (QED) is 0.736.